The summed E-state index contributed by atoms with van der Waals surface area (Å²) in [7, 11) is 0. The third-order valence-corrected chi connectivity index (χ3v) is 3.43. The van der Waals surface area contributed by atoms with Crippen LogP contribution >= 0.6 is 15.9 Å². The highest BCUT2D eigenvalue weighted by Crippen LogP contribution is 2.26. The molecular formula is C16H18BrNO. The summed E-state index contributed by atoms with van der Waals surface area (Å²) in [6.07, 6.45) is 0. The van der Waals surface area contributed by atoms with Crippen LogP contribution in [0.25, 0.3) is 0 Å². The van der Waals surface area contributed by atoms with E-state index in [-0.39, 0.29) is 6.04 Å². The van der Waals surface area contributed by atoms with Gasteiger partial charge in [0, 0.05) is 16.1 Å². The van der Waals surface area contributed by atoms with E-state index in [2.05, 4.69) is 35.0 Å². The van der Waals surface area contributed by atoms with Crippen LogP contribution in [0.15, 0.2) is 46.9 Å². The fourth-order valence-corrected chi connectivity index (χ4v) is 2.39. The van der Waals surface area contributed by atoms with Crippen molar-refractivity contribution in [2.75, 3.05) is 0 Å². The van der Waals surface area contributed by atoms with Crippen molar-refractivity contribution < 1.29 is 4.74 Å². The molecule has 2 aromatic rings. The monoisotopic (exact) mass is 319 g/mol. The summed E-state index contributed by atoms with van der Waals surface area (Å²) in [6.45, 7) is 4.58. The van der Waals surface area contributed by atoms with Crippen molar-refractivity contribution in [1.82, 2.24) is 0 Å². The summed E-state index contributed by atoms with van der Waals surface area (Å²) >= 11 is 3.46. The van der Waals surface area contributed by atoms with E-state index in [9.17, 15) is 0 Å². The Balaban J connectivity index is 2.15. The standard InChI is InChI=1S/C16H18BrNO/c1-11-6-7-16(15(8-11)12(2)18)19-10-13-4-3-5-14(17)9-13/h3-9,12H,10,18H2,1-2H3/t12-/m1/s1. The minimum absolute atomic E-state index is 0.0302. The van der Waals surface area contributed by atoms with Crippen molar-refractivity contribution >= 4 is 15.9 Å². The van der Waals surface area contributed by atoms with Crippen molar-refractivity contribution in [3.8, 4) is 5.75 Å². The Morgan fingerprint density at radius 1 is 1.21 bits per heavy atom. The molecule has 0 amide bonds. The van der Waals surface area contributed by atoms with Crippen molar-refractivity contribution in [3.63, 3.8) is 0 Å². The number of halogens is 1. The summed E-state index contributed by atoms with van der Waals surface area (Å²) < 4.78 is 6.95. The van der Waals surface area contributed by atoms with Gasteiger partial charge in [0.05, 0.1) is 0 Å². The molecule has 1 atom stereocenters. The highest BCUT2D eigenvalue weighted by Gasteiger charge is 2.08. The first-order chi connectivity index (χ1) is 9.06. The molecule has 3 heteroatoms. The first-order valence-electron chi connectivity index (χ1n) is 6.29. The van der Waals surface area contributed by atoms with Gasteiger partial charge >= 0.3 is 0 Å². The maximum absolute atomic E-state index is 5.99. The second-order valence-electron chi connectivity index (χ2n) is 4.75. The number of hydrogen-bond acceptors (Lipinski definition) is 2. The molecule has 0 bridgehead atoms. The highest BCUT2D eigenvalue weighted by molar-refractivity contribution is 9.10. The van der Waals surface area contributed by atoms with E-state index in [1.807, 2.05) is 37.3 Å². The van der Waals surface area contributed by atoms with Gasteiger partial charge in [-0.2, -0.15) is 0 Å². The third kappa shape index (κ3) is 3.82. The average Bonchev–Trinajstić information content (AvgIpc) is 2.37. The van der Waals surface area contributed by atoms with Crippen LogP contribution in [-0.4, -0.2) is 0 Å². The van der Waals surface area contributed by atoms with E-state index in [1.165, 1.54) is 5.56 Å². The molecule has 0 saturated heterocycles. The molecule has 2 rings (SSSR count). The van der Waals surface area contributed by atoms with Crippen LogP contribution in [-0.2, 0) is 6.61 Å². The number of rotatable bonds is 4. The summed E-state index contributed by atoms with van der Waals surface area (Å²) in [5.74, 6) is 0.862. The average molecular weight is 320 g/mol. The van der Waals surface area contributed by atoms with Crippen molar-refractivity contribution in [2.24, 2.45) is 5.73 Å². The van der Waals surface area contributed by atoms with Crippen LogP contribution in [0.1, 0.15) is 29.7 Å². The number of benzene rings is 2. The topological polar surface area (TPSA) is 35.2 Å². The normalized spacial score (nSPS) is 12.2. The van der Waals surface area contributed by atoms with Gasteiger partial charge in [0.25, 0.3) is 0 Å². The smallest absolute Gasteiger partial charge is 0.124 e. The summed E-state index contributed by atoms with van der Waals surface area (Å²) in [6, 6.07) is 14.2. The van der Waals surface area contributed by atoms with E-state index in [0.717, 1.165) is 21.3 Å². The number of hydrogen-bond donors (Lipinski definition) is 1. The first kappa shape index (κ1) is 14.1. The van der Waals surface area contributed by atoms with Crippen molar-refractivity contribution in [2.45, 2.75) is 26.5 Å². The summed E-state index contributed by atoms with van der Waals surface area (Å²) in [5.41, 5.74) is 9.37. The Morgan fingerprint density at radius 2 is 2.00 bits per heavy atom. The molecule has 0 heterocycles. The van der Waals surface area contributed by atoms with Crippen LogP contribution in [0.2, 0.25) is 0 Å². The van der Waals surface area contributed by atoms with Crippen LogP contribution in [0.3, 0.4) is 0 Å². The lowest BCUT2D eigenvalue weighted by Crippen LogP contribution is -2.08. The van der Waals surface area contributed by atoms with Gasteiger partial charge in [-0.05, 0) is 37.6 Å². The maximum Gasteiger partial charge on any atom is 0.124 e. The summed E-state index contributed by atoms with van der Waals surface area (Å²) in [5, 5.41) is 0. The molecule has 0 spiro atoms. The first-order valence-corrected chi connectivity index (χ1v) is 7.09. The molecule has 0 aliphatic heterocycles. The minimum atomic E-state index is -0.0302. The van der Waals surface area contributed by atoms with Gasteiger partial charge in [-0.3, -0.25) is 0 Å². The van der Waals surface area contributed by atoms with E-state index in [0.29, 0.717) is 6.61 Å². The van der Waals surface area contributed by atoms with E-state index in [1.54, 1.807) is 0 Å². The van der Waals surface area contributed by atoms with Crippen LogP contribution in [0, 0.1) is 6.92 Å². The lowest BCUT2D eigenvalue weighted by Gasteiger charge is -2.15. The molecule has 0 fully saturated rings. The van der Waals surface area contributed by atoms with E-state index in [4.69, 9.17) is 10.5 Å². The van der Waals surface area contributed by atoms with Gasteiger partial charge in [0.1, 0.15) is 12.4 Å². The lowest BCUT2D eigenvalue weighted by atomic mass is 10.1. The largest absolute Gasteiger partial charge is 0.489 e. The molecule has 2 aromatic carbocycles. The van der Waals surface area contributed by atoms with Gasteiger partial charge in [0.15, 0.2) is 0 Å². The quantitative estimate of drug-likeness (QED) is 0.908. The van der Waals surface area contributed by atoms with Crippen LogP contribution in [0.4, 0.5) is 0 Å². The zero-order valence-electron chi connectivity index (χ0n) is 11.2. The molecule has 0 aliphatic rings. The Labute approximate surface area is 122 Å². The predicted molar refractivity (Wildman–Crippen MR) is 82.3 cm³/mol. The molecule has 0 aromatic heterocycles. The Kier molecular flexibility index (Phi) is 4.61. The molecule has 0 unspecified atom stereocenters. The Bertz CT molecular complexity index is 566. The second-order valence-corrected chi connectivity index (χ2v) is 5.66. The van der Waals surface area contributed by atoms with Crippen molar-refractivity contribution in [3.05, 3.63) is 63.6 Å². The lowest BCUT2D eigenvalue weighted by molar-refractivity contribution is 0.301. The van der Waals surface area contributed by atoms with Crippen molar-refractivity contribution in [1.29, 1.82) is 0 Å². The molecule has 2 nitrogen and oxygen atoms in total. The van der Waals surface area contributed by atoms with Gasteiger partial charge in [0.2, 0.25) is 0 Å². The fourth-order valence-electron chi connectivity index (χ4n) is 1.94. The zero-order chi connectivity index (χ0) is 13.8. The van der Waals surface area contributed by atoms with Gasteiger partial charge in [-0.15, -0.1) is 0 Å². The minimum Gasteiger partial charge on any atom is -0.489 e. The molecular weight excluding hydrogens is 302 g/mol. The van der Waals surface area contributed by atoms with E-state index < -0.39 is 0 Å². The van der Waals surface area contributed by atoms with E-state index >= 15 is 0 Å². The molecule has 0 radical (unpaired) electrons. The maximum atomic E-state index is 5.99. The van der Waals surface area contributed by atoms with Crippen LogP contribution in [0.5, 0.6) is 5.75 Å². The Morgan fingerprint density at radius 3 is 2.68 bits per heavy atom. The second kappa shape index (κ2) is 6.22. The third-order valence-electron chi connectivity index (χ3n) is 2.94. The number of aryl methyl sites for hydroxylation is 1. The zero-order valence-corrected chi connectivity index (χ0v) is 12.8. The van der Waals surface area contributed by atoms with Gasteiger partial charge in [-0.25, -0.2) is 0 Å². The summed E-state index contributed by atoms with van der Waals surface area (Å²) in [4.78, 5) is 0. The molecule has 0 saturated carbocycles. The number of nitrogens with two attached hydrogens (primary N) is 1. The predicted octanol–water partition coefficient (Wildman–Crippen LogP) is 4.36. The molecule has 0 aliphatic carbocycles. The molecule has 19 heavy (non-hydrogen) atoms. The molecule has 2 N–H and O–H groups in total. The number of ether oxygens (including phenoxy) is 1. The Hall–Kier alpha value is -1.32. The SMILES string of the molecule is Cc1ccc(OCc2cccc(Br)c2)c([C@@H](C)N)c1. The highest BCUT2D eigenvalue weighted by atomic mass is 79.9. The molecule has 100 valence electrons. The van der Waals surface area contributed by atoms with Crippen LogP contribution < -0.4 is 10.5 Å². The van der Waals surface area contributed by atoms with Gasteiger partial charge < -0.3 is 10.5 Å². The van der Waals surface area contributed by atoms with Gasteiger partial charge in [-0.1, -0.05) is 45.8 Å². The fraction of sp³-hybridized carbons (Fsp3) is 0.250.